The first-order valence-corrected chi connectivity index (χ1v) is 5.50. The molecule has 0 aliphatic carbocycles. The maximum absolute atomic E-state index is 9.19. The molecule has 0 saturated carbocycles. The largest absolute Gasteiger partial charge is 0.350 e. The molecule has 1 aromatic heterocycles. The number of hydrogen-bond donors (Lipinski definition) is 0. The van der Waals surface area contributed by atoms with E-state index in [0.29, 0.717) is 0 Å². The van der Waals surface area contributed by atoms with Gasteiger partial charge in [0.2, 0.25) is 0 Å². The van der Waals surface area contributed by atoms with Gasteiger partial charge in [-0.25, -0.2) is 0 Å². The molecule has 0 aliphatic rings. The number of aryl methyl sites for hydroxylation is 1. The average Bonchev–Trinajstić information content (AvgIpc) is 2.57. The van der Waals surface area contributed by atoms with Gasteiger partial charge in [-0.05, 0) is 31.5 Å². The zero-order valence-corrected chi connectivity index (χ0v) is 10.3. The second kappa shape index (κ2) is 3.54. The van der Waals surface area contributed by atoms with Crippen molar-refractivity contribution in [2.24, 2.45) is 7.05 Å². The van der Waals surface area contributed by atoms with E-state index in [1.807, 2.05) is 49.9 Å². The number of hydrogen-bond acceptors (Lipinski definition) is 1. The number of rotatable bonds is 1. The lowest BCUT2D eigenvalue weighted by Gasteiger charge is -2.13. The highest BCUT2D eigenvalue weighted by atomic mass is 35.5. The summed E-state index contributed by atoms with van der Waals surface area (Å²) in [7, 11) is 1.97. The Bertz CT molecular complexity index is 588. The molecule has 16 heavy (non-hydrogen) atoms. The maximum Gasteiger partial charge on any atom is 0.0787 e. The van der Waals surface area contributed by atoms with E-state index in [1.54, 1.807) is 0 Å². The first-order valence-electron chi connectivity index (χ1n) is 5.12. The van der Waals surface area contributed by atoms with Crippen LogP contribution >= 0.6 is 11.6 Å². The van der Waals surface area contributed by atoms with E-state index in [9.17, 15) is 5.26 Å². The van der Waals surface area contributed by atoms with Gasteiger partial charge in [-0.3, -0.25) is 0 Å². The van der Waals surface area contributed by atoms with Crippen LogP contribution in [0.25, 0.3) is 10.9 Å². The summed E-state index contributed by atoms with van der Waals surface area (Å²) >= 11 is 5.97. The van der Waals surface area contributed by atoms with Gasteiger partial charge in [0.15, 0.2) is 0 Å². The molecule has 0 amide bonds. The minimum atomic E-state index is -0.479. The van der Waals surface area contributed by atoms with E-state index in [-0.39, 0.29) is 0 Å². The Hall–Kier alpha value is -1.46. The molecule has 0 unspecified atom stereocenters. The van der Waals surface area contributed by atoms with Crippen LogP contribution in [0.15, 0.2) is 24.4 Å². The van der Waals surface area contributed by atoms with Gasteiger partial charge in [0.25, 0.3) is 0 Å². The lowest BCUT2D eigenvalue weighted by molar-refractivity contribution is 0.689. The molecule has 0 radical (unpaired) electrons. The van der Waals surface area contributed by atoms with E-state index < -0.39 is 5.41 Å². The summed E-state index contributed by atoms with van der Waals surface area (Å²) in [6.45, 7) is 3.85. The van der Waals surface area contributed by atoms with Gasteiger partial charge < -0.3 is 4.57 Å². The third kappa shape index (κ3) is 1.58. The van der Waals surface area contributed by atoms with Crippen molar-refractivity contribution in [1.29, 1.82) is 5.26 Å². The van der Waals surface area contributed by atoms with E-state index in [2.05, 4.69) is 6.07 Å². The first-order chi connectivity index (χ1) is 7.45. The third-order valence-corrected chi connectivity index (χ3v) is 3.14. The lowest BCUT2D eigenvalue weighted by Crippen LogP contribution is -2.13. The van der Waals surface area contributed by atoms with Crippen LogP contribution < -0.4 is 0 Å². The summed E-state index contributed by atoms with van der Waals surface area (Å²) in [5.74, 6) is 0. The molecule has 3 heteroatoms. The molecule has 2 rings (SSSR count). The van der Waals surface area contributed by atoms with Crippen molar-refractivity contribution in [3.63, 3.8) is 0 Å². The van der Waals surface area contributed by atoms with Crippen LogP contribution in [-0.4, -0.2) is 4.57 Å². The third-order valence-electron chi connectivity index (χ3n) is 2.91. The molecule has 0 atom stereocenters. The molecule has 82 valence electrons. The van der Waals surface area contributed by atoms with E-state index >= 15 is 0 Å². The minimum absolute atomic E-state index is 0.479. The fraction of sp³-hybridized carbons (Fsp3) is 0.308. The van der Waals surface area contributed by atoms with Gasteiger partial charge in [0.05, 0.1) is 11.5 Å². The minimum Gasteiger partial charge on any atom is -0.350 e. The van der Waals surface area contributed by atoms with Crippen molar-refractivity contribution in [3.05, 3.63) is 35.0 Å². The van der Waals surface area contributed by atoms with E-state index in [0.717, 1.165) is 21.5 Å². The number of halogens is 1. The Morgan fingerprint density at radius 3 is 2.69 bits per heavy atom. The zero-order chi connectivity index (χ0) is 11.9. The maximum atomic E-state index is 9.19. The zero-order valence-electron chi connectivity index (χ0n) is 9.58. The Balaban J connectivity index is 2.80. The fourth-order valence-electron chi connectivity index (χ4n) is 1.92. The highest BCUT2D eigenvalue weighted by molar-refractivity contribution is 6.31. The van der Waals surface area contributed by atoms with E-state index in [1.165, 1.54) is 0 Å². The van der Waals surface area contributed by atoms with Crippen LogP contribution in [0.1, 0.15) is 19.4 Å². The summed E-state index contributed by atoms with van der Waals surface area (Å²) in [5, 5.41) is 11.0. The second-order valence-corrected chi connectivity index (χ2v) is 4.99. The number of nitrogens with zero attached hydrogens (tertiary/aromatic N) is 2. The van der Waals surface area contributed by atoms with Crippen molar-refractivity contribution in [3.8, 4) is 6.07 Å². The Morgan fingerprint density at radius 2 is 2.06 bits per heavy atom. The fourth-order valence-corrected chi connectivity index (χ4v) is 2.08. The SMILES string of the molecule is Cn1cc(C(C)(C)C#N)c2ccc(Cl)cc21. The molecule has 0 spiro atoms. The topological polar surface area (TPSA) is 28.7 Å². The summed E-state index contributed by atoms with van der Waals surface area (Å²) in [6.07, 6.45) is 2.00. The lowest BCUT2D eigenvalue weighted by atomic mass is 9.86. The van der Waals surface area contributed by atoms with E-state index in [4.69, 9.17) is 11.6 Å². The van der Waals surface area contributed by atoms with Crippen molar-refractivity contribution < 1.29 is 0 Å². The predicted molar refractivity (Wildman–Crippen MR) is 66.6 cm³/mol. The molecule has 0 aliphatic heterocycles. The second-order valence-electron chi connectivity index (χ2n) is 4.55. The van der Waals surface area contributed by atoms with Crippen LogP contribution in [0, 0.1) is 11.3 Å². The molecule has 0 bridgehead atoms. The molecular formula is C13H13ClN2. The quantitative estimate of drug-likeness (QED) is 0.738. The molecular weight excluding hydrogens is 220 g/mol. The van der Waals surface area contributed by atoms with Crippen molar-refractivity contribution in [1.82, 2.24) is 4.57 Å². The summed E-state index contributed by atoms with van der Waals surface area (Å²) < 4.78 is 2.01. The summed E-state index contributed by atoms with van der Waals surface area (Å²) in [4.78, 5) is 0. The first kappa shape index (κ1) is 11.0. The van der Waals surface area contributed by atoms with Crippen LogP contribution in [0.4, 0.5) is 0 Å². The average molecular weight is 233 g/mol. The smallest absolute Gasteiger partial charge is 0.0787 e. The standard InChI is InChI=1S/C13H13ClN2/c1-13(2,8-15)11-7-16(3)12-6-9(14)4-5-10(11)12/h4-7H,1-3H3. The van der Waals surface area contributed by atoms with Gasteiger partial charge in [0.1, 0.15) is 0 Å². The van der Waals surface area contributed by atoms with Gasteiger partial charge in [0, 0.05) is 29.2 Å². The molecule has 1 aromatic carbocycles. The van der Waals surface area contributed by atoms with Gasteiger partial charge >= 0.3 is 0 Å². The highest BCUT2D eigenvalue weighted by Crippen LogP contribution is 2.32. The number of fused-ring (bicyclic) bond motifs is 1. The number of nitriles is 1. The van der Waals surface area contributed by atoms with Crippen molar-refractivity contribution in [2.75, 3.05) is 0 Å². The number of benzene rings is 1. The van der Waals surface area contributed by atoms with Crippen molar-refractivity contribution >= 4 is 22.5 Å². The molecule has 2 nitrogen and oxygen atoms in total. The number of aromatic nitrogens is 1. The molecule has 0 N–H and O–H groups in total. The summed E-state index contributed by atoms with van der Waals surface area (Å²) in [5.41, 5.74) is 1.63. The Morgan fingerprint density at radius 1 is 1.38 bits per heavy atom. The monoisotopic (exact) mass is 232 g/mol. The predicted octanol–water partition coefficient (Wildman–Crippen LogP) is 3.63. The van der Waals surface area contributed by atoms with Crippen LogP contribution in [0.3, 0.4) is 0 Å². The van der Waals surface area contributed by atoms with Gasteiger partial charge in [-0.1, -0.05) is 17.7 Å². The Kier molecular flexibility index (Phi) is 2.44. The Labute approximate surface area is 100 Å². The van der Waals surface area contributed by atoms with Crippen LogP contribution in [0.5, 0.6) is 0 Å². The molecule has 1 heterocycles. The van der Waals surface area contributed by atoms with Crippen molar-refractivity contribution in [2.45, 2.75) is 19.3 Å². The normalized spacial score (nSPS) is 11.7. The molecule has 2 aromatic rings. The van der Waals surface area contributed by atoms with Crippen LogP contribution in [0.2, 0.25) is 5.02 Å². The summed E-state index contributed by atoms with van der Waals surface area (Å²) in [6, 6.07) is 8.10. The van der Waals surface area contributed by atoms with Gasteiger partial charge in [-0.2, -0.15) is 5.26 Å². The van der Waals surface area contributed by atoms with Crippen LogP contribution in [-0.2, 0) is 12.5 Å². The molecule has 0 saturated heterocycles. The highest BCUT2D eigenvalue weighted by Gasteiger charge is 2.24. The molecule has 0 fully saturated rings. The van der Waals surface area contributed by atoms with Gasteiger partial charge in [-0.15, -0.1) is 0 Å².